The summed E-state index contributed by atoms with van der Waals surface area (Å²) >= 11 is 0. The van der Waals surface area contributed by atoms with Gasteiger partial charge in [0.1, 0.15) is 5.78 Å². The van der Waals surface area contributed by atoms with E-state index in [1.54, 1.807) is 0 Å². The molecule has 4 aliphatic carbocycles. The van der Waals surface area contributed by atoms with Crippen LogP contribution in [0.5, 0.6) is 0 Å². The molecule has 4 heteroatoms. The monoisotopic (exact) mass is 394 g/mol. The Morgan fingerprint density at radius 2 is 1.97 bits per heavy atom. The first-order chi connectivity index (χ1) is 13.9. The molecule has 0 spiro atoms. The second kappa shape index (κ2) is 6.75. The summed E-state index contributed by atoms with van der Waals surface area (Å²) in [6, 6.07) is 5.96. The fraction of sp³-hybridized carbons (Fsp3) is 0.680. The third-order valence-electron chi connectivity index (χ3n) is 9.23. The molecule has 156 valence electrons. The summed E-state index contributed by atoms with van der Waals surface area (Å²) in [4.78, 5) is 18.3. The molecule has 1 aromatic heterocycles. The molecule has 5 rings (SSSR count). The molecule has 3 saturated carbocycles. The van der Waals surface area contributed by atoms with Gasteiger partial charge in [-0.1, -0.05) is 31.6 Å². The largest absolute Gasteiger partial charge is 0.393 e. The fourth-order valence-corrected chi connectivity index (χ4v) is 7.52. The Morgan fingerprint density at radius 3 is 2.76 bits per heavy atom. The maximum Gasteiger partial charge on any atom is 0.148 e. The standard InChI is InChI=1S/C25H34N2O2/c1-24-10-8-17(28)12-15(24)6-7-18-20(24)9-11-25(2)21(18)13-19(23(25)29)22-5-3-4-16(14-26)27-22/h3-6,17-21,28H,7-14,26H2,1-2H3/t17-,18+,19?,20-,21-,24-,25-/m0/s1. The van der Waals surface area contributed by atoms with Crippen molar-refractivity contribution in [1.82, 2.24) is 4.98 Å². The minimum Gasteiger partial charge on any atom is -0.393 e. The van der Waals surface area contributed by atoms with Crippen molar-refractivity contribution in [2.24, 2.45) is 34.3 Å². The molecule has 0 aliphatic heterocycles. The Balaban J connectivity index is 1.48. The molecule has 3 fully saturated rings. The van der Waals surface area contributed by atoms with Gasteiger partial charge in [0.25, 0.3) is 0 Å². The molecular weight excluding hydrogens is 360 g/mol. The van der Waals surface area contributed by atoms with Crippen molar-refractivity contribution in [2.75, 3.05) is 0 Å². The van der Waals surface area contributed by atoms with Gasteiger partial charge in [0.05, 0.1) is 23.4 Å². The summed E-state index contributed by atoms with van der Waals surface area (Å²) in [5.74, 6) is 1.97. The topological polar surface area (TPSA) is 76.2 Å². The Labute approximate surface area is 174 Å². The van der Waals surface area contributed by atoms with Gasteiger partial charge in [-0.3, -0.25) is 9.78 Å². The van der Waals surface area contributed by atoms with Gasteiger partial charge in [-0.2, -0.15) is 0 Å². The van der Waals surface area contributed by atoms with E-state index in [0.29, 0.717) is 30.1 Å². The highest BCUT2D eigenvalue weighted by molar-refractivity contribution is 5.93. The molecule has 1 heterocycles. The van der Waals surface area contributed by atoms with Crippen molar-refractivity contribution in [3.05, 3.63) is 41.2 Å². The van der Waals surface area contributed by atoms with Crippen molar-refractivity contribution in [2.45, 2.75) is 77.4 Å². The lowest BCUT2D eigenvalue weighted by Gasteiger charge is -2.56. The van der Waals surface area contributed by atoms with Crippen LogP contribution >= 0.6 is 0 Å². The number of pyridine rings is 1. The lowest BCUT2D eigenvalue weighted by Crippen LogP contribution is -2.50. The number of nitrogens with two attached hydrogens (primary N) is 1. The number of rotatable bonds is 2. The van der Waals surface area contributed by atoms with Crippen LogP contribution in [0.3, 0.4) is 0 Å². The van der Waals surface area contributed by atoms with Crippen LogP contribution in [0, 0.1) is 28.6 Å². The summed E-state index contributed by atoms with van der Waals surface area (Å²) in [7, 11) is 0. The average molecular weight is 395 g/mol. The number of aromatic nitrogens is 1. The van der Waals surface area contributed by atoms with E-state index in [2.05, 4.69) is 19.9 Å². The number of Topliss-reactive ketones (excluding diaryl/α,β-unsaturated/α-hetero) is 1. The molecule has 4 nitrogen and oxygen atoms in total. The summed E-state index contributed by atoms with van der Waals surface area (Å²) in [6.07, 6.45) is 9.24. The van der Waals surface area contributed by atoms with Gasteiger partial charge in [-0.15, -0.1) is 0 Å². The molecule has 29 heavy (non-hydrogen) atoms. The van der Waals surface area contributed by atoms with E-state index in [1.807, 2.05) is 18.2 Å². The van der Waals surface area contributed by atoms with Crippen molar-refractivity contribution in [3.63, 3.8) is 0 Å². The minimum atomic E-state index is -0.220. The zero-order chi connectivity index (χ0) is 20.4. The molecule has 0 amide bonds. The Hall–Kier alpha value is -1.52. The predicted molar refractivity (Wildman–Crippen MR) is 113 cm³/mol. The molecule has 1 unspecified atom stereocenters. The quantitative estimate of drug-likeness (QED) is 0.740. The lowest BCUT2D eigenvalue weighted by atomic mass is 9.48. The molecule has 0 radical (unpaired) electrons. The highest BCUT2D eigenvalue weighted by Gasteiger charge is 2.61. The minimum absolute atomic E-state index is 0.0818. The molecule has 0 bridgehead atoms. The van der Waals surface area contributed by atoms with Crippen LogP contribution in [0.4, 0.5) is 0 Å². The van der Waals surface area contributed by atoms with Gasteiger partial charge in [0.2, 0.25) is 0 Å². The normalized spacial score (nSPS) is 43.9. The molecule has 3 N–H and O–H groups in total. The molecule has 4 aliphatic rings. The highest BCUT2D eigenvalue weighted by atomic mass is 16.3. The SMILES string of the molecule is C[C@]12CC[C@H](O)CC1=CC[C@@H]1[C@@H]2CC[C@]2(C)C(=O)C(c3cccc(CN)n3)C[C@@H]12. The number of carbonyl (C=O) groups excluding carboxylic acids is 1. The van der Waals surface area contributed by atoms with E-state index >= 15 is 0 Å². The number of hydrogen-bond acceptors (Lipinski definition) is 4. The predicted octanol–water partition coefficient (Wildman–Crippen LogP) is 4.13. The van der Waals surface area contributed by atoms with E-state index in [1.165, 1.54) is 5.57 Å². The van der Waals surface area contributed by atoms with Crippen LogP contribution in [-0.4, -0.2) is 22.0 Å². The van der Waals surface area contributed by atoms with Gasteiger partial charge in [0, 0.05) is 12.0 Å². The number of allylic oxidation sites excluding steroid dienone is 1. The smallest absolute Gasteiger partial charge is 0.148 e. The third kappa shape index (κ3) is 2.79. The Kier molecular flexibility index (Phi) is 4.52. The first kappa shape index (κ1) is 19.4. The maximum absolute atomic E-state index is 13.6. The van der Waals surface area contributed by atoms with Gasteiger partial charge >= 0.3 is 0 Å². The number of aliphatic hydroxyl groups is 1. The molecule has 0 aromatic carbocycles. The van der Waals surface area contributed by atoms with Crippen LogP contribution in [0.25, 0.3) is 0 Å². The summed E-state index contributed by atoms with van der Waals surface area (Å²) < 4.78 is 0. The van der Waals surface area contributed by atoms with Crippen LogP contribution in [0.15, 0.2) is 29.8 Å². The molecular formula is C25H34N2O2. The van der Waals surface area contributed by atoms with Crippen LogP contribution < -0.4 is 5.73 Å². The first-order valence-electron chi connectivity index (χ1n) is 11.4. The summed E-state index contributed by atoms with van der Waals surface area (Å²) in [5, 5.41) is 10.2. The Morgan fingerprint density at radius 1 is 1.17 bits per heavy atom. The molecule has 1 aromatic rings. The second-order valence-electron chi connectivity index (χ2n) is 10.5. The number of carbonyl (C=O) groups is 1. The van der Waals surface area contributed by atoms with Crippen LogP contribution in [0.2, 0.25) is 0 Å². The molecule has 0 saturated heterocycles. The molecule has 7 atom stereocenters. The van der Waals surface area contributed by atoms with E-state index in [0.717, 1.165) is 56.3 Å². The first-order valence-corrected chi connectivity index (χ1v) is 11.4. The van der Waals surface area contributed by atoms with Gasteiger partial charge in [-0.05, 0) is 80.2 Å². The van der Waals surface area contributed by atoms with E-state index < -0.39 is 0 Å². The number of nitrogens with zero attached hydrogens (tertiary/aromatic N) is 1. The van der Waals surface area contributed by atoms with E-state index in [4.69, 9.17) is 10.7 Å². The Bertz CT molecular complexity index is 864. The van der Waals surface area contributed by atoms with E-state index in [-0.39, 0.29) is 22.9 Å². The van der Waals surface area contributed by atoms with Crippen molar-refractivity contribution < 1.29 is 9.90 Å². The highest BCUT2D eigenvalue weighted by Crippen LogP contribution is 2.65. The van der Waals surface area contributed by atoms with Crippen LogP contribution in [0.1, 0.15) is 76.1 Å². The fourth-order valence-electron chi connectivity index (χ4n) is 7.52. The average Bonchev–Trinajstić information content (AvgIpc) is 3.00. The third-order valence-corrected chi connectivity index (χ3v) is 9.23. The van der Waals surface area contributed by atoms with Gasteiger partial charge < -0.3 is 10.8 Å². The summed E-state index contributed by atoms with van der Waals surface area (Å²) in [5.41, 5.74) is 9.06. The number of fused-ring (bicyclic) bond motifs is 5. The van der Waals surface area contributed by atoms with Crippen molar-refractivity contribution in [1.29, 1.82) is 0 Å². The number of hydrogen-bond donors (Lipinski definition) is 2. The maximum atomic E-state index is 13.6. The zero-order valence-corrected chi connectivity index (χ0v) is 17.7. The van der Waals surface area contributed by atoms with Crippen LogP contribution in [-0.2, 0) is 11.3 Å². The van der Waals surface area contributed by atoms with Crippen molar-refractivity contribution >= 4 is 5.78 Å². The number of ketones is 1. The van der Waals surface area contributed by atoms with Gasteiger partial charge in [-0.25, -0.2) is 0 Å². The summed E-state index contributed by atoms with van der Waals surface area (Å²) in [6.45, 7) is 5.08. The zero-order valence-electron chi connectivity index (χ0n) is 17.7. The lowest BCUT2D eigenvalue weighted by molar-refractivity contribution is -0.132. The van der Waals surface area contributed by atoms with Gasteiger partial charge in [0.15, 0.2) is 0 Å². The second-order valence-corrected chi connectivity index (χ2v) is 10.5. The number of aliphatic hydroxyl groups excluding tert-OH is 1. The van der Waals surface area contributed by atoms with Crippen molar-refractivity contribution in [3.8, 4) is 0 Å². The van der Waals surface area contributed by atoms with E-state index in [9.17, 15) is 9.90 Å².